The first-order valence-corrected chi connectivity index (χ1v) is 6.00. The molecule has 0 atom stereocenters. The molecule has 0 aliphatic rings. The van der Waals surface area contributed by atoms with Crippen molar-refractivity contribution in [1.82, 2.24) is 10.6 Å². The smallest absolute Gasteiger partial charge is 0.234 e. The zero-order valence-electron chi connectivity index (χ0n) is 9.46. The molecule has 2 N–H and O–H groups in total. The first-order valence-electron chi connectivity index (χ1n) is 5.12. The summed E-state index contributed by atoms with van der Waals surface area (Å²) < 4.78 is 0. The van der Waals surface area contributed by atoms with E-state index >= 15 is 0 Å². The van der Waals surface area contributed by atoms with Gasteiger partial charge >= 0.3 is 0 Å². The summed E-state index contributed by atoms with van der Waals surface area (Å²) in [6.45, 7) is 7.14. The van der Waals surface area contributed by atoms with Gasteiger partial charge in [-0.15, -0.1) is 11.3 Å². The highest BCUT2D eigenvalue weighted by atomic mass is 32.1. The number of aryl methyl sites for hydroxylation is 1. The molecule has 1 aromatic heterocycles. The lowest BCUT2D eigenvalue weighted by Crippen LogP contribution is -2.36. The van der Waals surface area contributed by atoms with Crippen molar-refractivity contribution in [2.45, 2.75) is 33.4 Å². The second-order valence-electron chi connectivity index (χ2n) is 3.84. The highest BCUT2D eigenvalue weighted by molar-refractivity contribution is 7.10. The number of amides is 1. The van der Waals surface area contributed by atoms with Crippen LogP contribution < -0.4 is 10.6 Å². The van der Waals surface area contributed by atoms with Crippen molar-refractivity contribution in [1.29, 1.82) is 0 Å². The molecule has 0 radical (unpaired) electrons. The van der Waals surface area contributed by atoms with E-state index in [9.17, 15) is 4.79 Å². The highest BCUT2D eigenvalue weighted by Gasteiger charge is 2.04. The molecule has 0 saturated heterocycles. The van der Waals surface area contributed by atoms with Gasteiger partial charge in [-0.3, -0.25) is 4.79 Å². The molecule has 84 valence electrons. The van der Waals surface area contributed by atoms with Crippen LogP contribution in [0.1, 0.15) is 24.3 Å². The average molecular weight is 226 g/mol. The molecule has 0 bridgehead atoms. The van der Waals surface area contributed by atoms with Crippen LogP contribution in [0.25, 0.3) is 0 Å². The second kappa shape index (κ2) is 5.88. The van der Waals surface area contributed by atoms with E-state index in [4.69, 9.17) is 0 Å². The van der Waals surface area contributed by atoms with Gasteiger partial charge in [-0.2, -0.15) is 0 Å². The summed E-state index contributed by atoms with van der Waals surface area (Å²) in [6.07, 6.45) is 0. The zero-order valence-corrected chi connectivity index (χ0v) is 10.3. The summed E-state index contributed by atoms with van der Waals surface area (Å²) in [5.74, 6) is 0.0523. The third kappa shape index (κ3) is 4.44. The molecule has 3 nitrogen and oxygen atoms in total. The van der Waals surface area contributed by atoms with Crippen LogP contribution >= 0.6 is 11.3 Å². The zero-order chi connectivity index (χ0) is 11.3. The quantitative estimate of drug-likeness (QED) is 0.802. The topological polar surface area (TPSA) is 41.1 Å². The van der Waals surface area contributed by atoms with Gasteiger partial charge in [0, 0.05) is 10.9 Å². The molecule has 0 aliphatic carbocycles. The number of carbonyl (C=O) groups is 1. The summed E-state index contributed by atoms with van der Waals surface area (Å²) in [5.41, 5.74) is 1.25. The Morgan fingerprint density at radius 3 is 2.80 bits per heavy atom. The lowest BCUT2D eigenvalue weighted by Gasteiger charge is -2.08. The van der Waals surface area contributed by atoms with Crippen LogP contribution in [0, 0.1) is 6.92 Å². The lowest BCUT2D eigenvalue weighted by molar-refractivity contribution is -0.120. The van der Waals surface area contributed by atoms with E-state index in [1.54, 1.807) is 11.3 Å². The van der Waals surface area contributed by atoms with E-state index < -0.39 is 0 Å². The maximum Gasteiger partial charge on any atom is 0.234 e. The first kappa shape index (κ1) is 12.2. The Labute approximate surface area is 94.9 Å². The molecule has 0 aromatic carbocycles. The van der Waals surface area contributed by atoms with E-state index in [0.717, 1.165) is 0 Å². The predicted octanol–water partition coefficient (Wildman–Crippen LogP) is 1.67. The molecule has 0 saturated carbocycles. The Morgan fingerprint density at radius 1 is 1.53 bits per heavy atom. The maximum atomic E-state index is 11.4. The van der Waals surface area contributed by atoms with Crippen molar-refractivity contribution in [3.63, 3.8) is 0 Å². The van der Waals surface area contributed by atoms with Gasteiger partial charge in [0.05, 0.1) is 13.1 Å². The van der Waals surface area contributed by atoms with Crippen LogP contribution in [0.4, 0.5) is 0 Å². The fourth-order valence-corrected chi connectivity index (χ4v) is 1.97. The van der Waals surface area contributed by atoms with Crippen molar-refractivity contribution in [2.24, 2.45) is 0 Å². The van der Waals surface area contributed by atoms with Crippen LogP contribution in [0.3, 0.4) is 0 Å². The van der Waals surface area contributed by atoms with Gasteiger partial charge in [-0.05, 0) is 23.9 Å². The SMILES string of the molecule is Cc1ccsc1CNC(=O)CNC(C)C. The molecule has 0 spiro atoms. The van der Waals surface area contributed by atoms with Gasteiger partial charge in [0.1, 0.15) is 0 Å². The molecule has 1 amide bonds. The molecule has 1 aromatic rings. The molecule has 0 unspecified atom stereocenters. The second-order valence-corrected chi connectivity index (χ2v) is 4.84. The number of hydrogen-bond donors (Lipinski definition) is 2. The molecule has 15 heavy (non-hydrogen) atoms. The predicted molar refractivity (Wildman–Crippen MR) is 64.0 cm³/mol. The summed E-state index contributed by atoms with van der Waals surface area (Å²) in [4.78, 5) is 12.6. The summed E-state index contributed by atoms with van der Waals surface area (Å²) >= 11 is 1.68. The van der Waals surface area contributed by atoms with Crippen molar-refractivity contribution in [2.75, 3.05) is 6.54 Å². The highest BCUT2D eigenvalue weighted by Crippen LogP contribution is 2.14. The fraction of sp³-hybridized carbons (Fsp3) is 0.545. The van der Waals surface area contributed by atoms with Gasteiger partial charge < -0.3 is 10.6 Å². The fourth-order valence-electron chi connectivity index (χ4n) is 1.12. The minimum Gasteiger partial charge on any atom is -0.350 e. The average Bonchev–Trinajstić information content (AvgIpc) is 2.58. The normalized spacial score (nSPS) is 10.7. The van der Waals surface area contributed by atoms with Crippen molar-refractivity contribution >= 4 is 17.2 Å². The number of rotatable bonds is 5. The lowest BCUT2D eigenvalue weighted by atomic mass is 10.3. The number of nitrogens with one attached hydrogen (secondary N) is 2. The summed E-state index contributed by atoms with van der Waals surface area (Å²) in [5, 5.41) is 8.02. The Morgan fingerprint density at radius 2 is 2.27 bits per heavy atom. The molecule has 4 heteroatoms. The van der Waals surface area contributed by atoms with Crippen molar-refractivity contribution < 1.29 is 4.79 Å². The van der Waals surface area contributed by atoms with Gasteiger partial charge in [0.2, 0.25) is 5.91 Å². The van der Waals surface area contributed by atoms with Crippen LogP contribution in [0.15, 0.2) is 11.4 Å². The van der Waals surface area contributed by atoms with E-state index in [0.29, 0.717) is 19.1 Å². The van der Waals surface area contributed by atoms with E-state index in [-0.39, 0.29) is 5.91 Å². The Bertz CT molecular complexity index is 320. The Kier molecular flexibility index (Phi) is 4.78. The number of thiophene rings is 1. The van der Waals surface area contributed by atoms with Crippen molar-refractivity contribution in [3.05, 3.63) is 21.9 Å². The molecule has 0 fully saturated rings. The molecular formula is C11H18N2OS. The Balaban J connectivity index is 2.26. The molecule has 1 rings (SSSR count). The molecule has 0 aliphatic heterocycles. The minimum atomic E-state index is 0.0523. The van der Waals surface area contributed by atoms with Crippen LogP contribution in [-0.4, -0.2) is 18.5 Å². The standard InChI is InChI=1S/C11H18N2OS/c1-8(2)12-7-11(14)13-6-10-9(3)4-5-15-10/h4-5,8,12H,6-7H2,1-3H3,(H,13,14). The summed E-state index contributed by atoms with van der Waals surface area (Å²) in [6, 6.07) is 2.41. The first-order chi connectivity index (χ1) is 7.09. The van der Waals surface area contributed by atoms with Gasteiger partial charge in [-0.1, -0.05) is 13.8 Å². The largest absolute Gasteiger partial charge is 0.350 e. The van der Waals surface area contributed by atoms with Gasteiger partial charge in [0.15, 0.2) is 0 Å². The van der Waals surface area contributed by atoms with Crippen LogP contribution in [-0.2, 0) is 11.3 Å². The third-order valence-corrected chi connectivity index (χ3v) is 3.11. The maximum absolute atomic E-state index is 11.4. The summed E-state index contributed by atoms with van der Waals surface area (Å²) in [7, 11) is 0. The number of hydrogen-bond acceptors (Lipinski definition) is 3. The third-order valence-electron chi connectivity index (χ3n) is 2.09. The van der Waals surface area contributed by atoms with E-state index in [1.807, 2.05) is 19.2 Å². The van der Waals surface area contributed by atoms with Crippen LogP contribution in [0.5, 0.6) is 0 Å². The van der Waals surface area contributed by atoms with Crippen molar-refractivity contribution in [3.8, 4) is 0 Å². The molecular weight excluding hydrogens is 208 g/mol. The van der Waals surface area contributed by atoms with Gasteiger partial charge in [-0.25, -0.2) is 0 Å². The number of carbonyl (C=O) groups excluding carboxylic acids is 1. The van der Waals surface area contributed by atoms with Gasteiger partial charge in [0.25, 0.3) is 0 Å². The van der Waals surface area contributed by atoms with E-state index in [1.165, 1.54) is 10.4 Å². The van der Waals surface area contributed by atoms with E-state index in [2.05, 4.69) is 23.6 Å². The monoisotopic (exact) mass is 226 g/mol. The molecule has 1 heterocycles. The minimum absolute atomic E-state index is 0.0523. The Hall–Kier alpha value is -0.870. The van der Waals surface area contributed by atoms with Crippen LogP contribution in [0.2, 0.25) is 0 Å².